The van der Waals surface area contributed by atoms with Gasteiger partial charge in [-0.25, -0.2) is 18.2 Å². The highest BCUT2D eigenvalue weighted by Gasteiger charge is 2.29. The number of carboxylic acid groups (broad SMARTS) is 1. The zero-order valence-corrected chi connectivity index (χ0v) is 10.8. The fourth-order valence-corrected chi connectivity index (χ4v) is 4.16. The van der Waals surface area contributed by atoms with E-state index in [1.165, 1.54) is 12.1 Å². The van der Waals surface area contributed by atoms with Gasteiger partial charge >= 0.3 is 5.97 Å². The minimum atomic E-state index is -2.95. The summed E-state index contributed by atoms with van der Waals surface area (Å²) in [6.45, 7) is 0. The predicted octanol–water partition coefficient (Wildman–Crippen LogP) is 1.09. The lowest BCUT2D eigenvalue weighted by atomic mass is 10.2. The van der Waals surface area contributed by atoms with Crippen LogP contribution in [0.3, 0.4) is 0 Å². The molecule has 1 fully saturated rings. The maximum atomic E-state index is 11.5. The van der Waals surface area contributed by atoms with E-state index in [2.05, 4.69) is 4.98 Å². The molecule has 1 aliphatic rings. The molecule has 0 aliphatic carbocycles. The Labute approximate surface area is 109 Å². The number of aromatic nitrogens is 2. The van der Waals surface area contributed by atoms with Crippen molar-refractivity contribution in [1.29, 1.82) is 0 Å². The van der Waals surface area contributed by atoms with Gasteiger partial charge in [0.15, 0.2) is 9.84 Å². The SMILES string of the molecule is O=C(O)c1ccc2c(c1)ncn2C1CCS(=O)(=O)C1. The van der Waals surface area contributed by atoms with Gasteiger partial charge < -0.3 is 9.67 Å². The Morgan fingerprint density at radius 1 is 1.42 bits per heavy atom. The monoisotopic (exact) mass is 280 g/mol. The van der Waals surface area contributed by atoms with Gasteiger partial charge in [0.05, 0.1) is 40.5 Å². The summed E-state index contributed by atoms with van der Waals surface area (Å²) in [5.74, 6) is -0.677. The number of carbonyl (C=O) groups is 1. The van der Waals surface area contributed by atoms with Crippen molar-refractivity contribution >= 4 is 26.8 Å². The Morgan fingerprint density at radius 2 is 2.21 bits per heavy atom. The molecule has 1 aliphatic heterocycles. The average Bonchev–Trinajstić information content (AvgIpc) is 2.91. The molecule has 0 amide bonds. The summed E-state index contributed by atoms with van der Waals surface area (Å²) in [6.07, 6.45) is 2.16. The third-order valence-electron chi connectivity index (χ3n) is 3.42. The van der Waals surface area contributed by atoms with Crippen molar-refractivity contribution in [2.75, 3.05) is 11.5 Å². The quantitative estimate of drug-likeness (QED) is 0.889. The number of benzene rings is 1. The van der Waals surface area contributed by atoms with Gasteiger partial charge in [0.1, 0.15) is 0 Å². The van der Waals surface area contributed by atoms with E-state index in [-0.39, 0.29) is 23.1 Å². The van der Waals surface area contributed by atoms with Crippen molar-refractivity contribution < 1.29 is 18.3 Å². The molecule has 1 unspecified atom stereocenters. The van der Waals surface area contributed by atoms with Crippen LogP contribution in [-0.2, 0) is 9.84 Å². The molecule has 1 N–H and O–H groups in total. The molecule has 0 spiro atoms. The number of hydrogen-bond acceptors (Lipinski definition) is 4. The zero-order valence-electron chi connectivity index (χ0n) is 9.98. The third kappa shape index (κ3) is 2.10. The van der Waals surface area contributed by atoms with E-state index in [0.717, 1.165) is 5.52 Å². The van der Waals surface area contributed by atoms with Crippen LogP contribution in [0.25, 0.3) is 11.0 Å². The van der Waals surface area contributed by atoms with Crippen LogP contribution in [0.15, 0.2) is 24.5 Å². The molecule has 1 atom stereocenters. The normalized spacial score (nSPS) is 21.8. The molecule has 2 aromatic rings. The molecular formula is C12H12N2O4S. The highest BCUT2D eigenvalue weighted by atomic mass is 32.2. The summed E-state index contributed by atoms with van der Waals surface area (Å²) in [4.78, 5) is 15.0. The summed E-state index contributed by atoms with van der Waals surface area (Å²) in [5, 5.41) is 8.92. The molecule has 1 saturated heterocycles. The first-order valence-corrected chi connectivity index (χ1v) is 7.69. The van der Waals surface area contributed by atoms with Crippen LogP contribution in [0.5, 0.6) is 0 Å². The van der Waals surface area contributed by atoms with Crippen LogP contribution in [0, 0.1) is 0 Å². The summed E-state index contributed by atoms with van der Waals surface area (Å²) in [5.41, 5.74) is 1.52. The molecule has 19 heavy (non-hydrogen) atoms. The van der Waals surface area contributed by atoms with Gasteiger partial charge in [-0.1, -0.05) is 0 Å². The predicted molar refractivity (Wildman–Crippen MR) is 69.0 cm³/mol. The molecule has 6 nitrogen and oxygen atoms in total. The second-order valence-electron chi connectivity index (χ2n) is 4.72. The number of hydrogen-bond donors (Lipinski definition) is 1. The van der Waals surface area contributed by atoms with E-state index in [1.54, 1.807) is 12.4 Å². The molecule has 7 heteroatoms. The van der Waals surface area contributed by atoms with Gasteiger partial charge in [0.2, 0.25) is 0 Å². The number of aromatic carboxylic acids is 1. The topological polar surface area (TPSA) is 89.3 Å². The van der Waals surface area contributed by atoms with Gasteiger partial charge in [0.25, 0.3) is 0 Å². The number of fused-ring (bicyclic) bond motifs is 1. The Kier molecular flexibility index (Phi) is 2.60. The van der Waals surface area contributed by atoms with E-state index in [0.29, 0.717) is 11.9 Å². The van der Waals surface area contributed by atoms with Gasteiger partial charge in [-0.05, 0) is 24.6 Å². The standard InChI is InChI=1S/C12H12N2O4S/c15-12(16)8-1-2-11-10(5-8)13-7-14(11)9-3-4-19(17,18)6-9/h1-2,5,7,9H,3-4,6H2,(H,15,16). The van der Waals surface area contributed by atoms with Gasteiger partial charge in [-0.2, -0.15) is 0 Å². The van der Waals surface area contributed by atoms with Crippen LogP contribution in [0.1, 0.15) is 22.8 Å². The lowest BCUT2D eigenvalue weighted by Crippen LogP contribution is -2.09. The Balaban J connectivity index is 2.04. The molecule has 0 saturated carbocycles. The van der Waals surface area contributed by atoms with Crippen LogP contribution in [0.2, 0.25) is 0 Å². The zero-order chi connectivity index (χ0) is 13.6. The second kappa shape index (κ2) is 4.06. The third-order valence-corrected chi connectivity index (χ3v) is 5.17. The average molecular weight is 280 g/mol. The summed E-state index contributed by atoms with van der Waals surface area (Å²) in [6, 6.07) is 4.58. The molecule has 2 heterocycles. The molecule has 1 aromatic carbocycles. The van der Waals surface area contributed by atoms with Crippen molar-refractivity contribution in [2.45, 2.75) is 12.5 Å². The van der Waals surface area contributed by atoms with Crippen LogP contribution < -0.4 is 0 Å². The van der Waals surface area contributed by atoms with E-state index in [9.17, 15) is 13.2 Å². The Morgan fingerprint density at radius 3 is 2.84 bits per heavy atom. The number of nitrogens with zero attached hydrogens (tertiary/aromatic N) is 2. The highest BCUT2D eigenvalue weighted by molar-refractivity contribution is 7.91. The summed E-state index contributed by atoms with van der Waals surface area (Å²) in [7, 11) is -2.95. The molecular weight excluding hydrogens is 268 g/mol. The fraction of sp³-hybridized carbons (Fsp3) is 0.333. The molecule has 1 aromatic heterocycles. The van der Waals surface area contributed by atoms with Gasteiger partial charge in [-0.3, -0.25) is 0 Å². The summed E-state index contributed by atoms with van der Waals surface area (Å²) < 4.78 is 24.8. The molecule has 3 rings (SSSR count). The van der Waals surface area contributed by atoms with E-state index >= 15 is 0 Å². The number of carboxylic acids is 1. The molecule has 100 valence electrons. The Hall–Kier alpha value is -1.89. The van der Waals surface area contributed by atoms with Crippen molar-refractivity contribution in [3.8, 4) is 0 Å². The second-order valence-corrected chi connectivity index (χ2v) is 6.95. The largest absolute Gasteiger partial charge is 0.478 e. The van der Waals surface area contributed by atoms with E-state index < -0.39 is 15.8 Å². The van der Waals surface area contributed by atoms with Crippen molar-refractivity contribution in [3.05, 3.63) is 30.1 Å². The maximum Gasteiger partial charge on any atom is 0.335 e. The highest BCUT2D eigenvalue weighted by Crippen LogP contribution is 2.27. The maximum absolute atomic E-state index is 11.5. The van der Waals surface area contributed by atoms with Crippen LogP contribution in [0.4, 0.5) is 0 Å². The van der Waals surface area contributed by atoms with Crippen molar-refractivity contribution in [1.82, 2.24) is 9.55 Å². The van der Waals surface area contributed by atoms with Crippen LogP contribution in [-0.4, -0.2) is 40.6 Å². The van der Waals surface area contributed by atoms with Crippen molar-refractivity contribution in [3.63, 3.8) is 0 Å². The number of rotatable bonds is 2. The van der Waals surface area contributed by atoms with Crippen molar-refractivity contribution in [2.24, 2.45) is 0 Å². The first-order chi connectivity index (χ1) is 8.96. The van der Waals surface area contributed by atoms with Gasteiger partial charge in [-0.15, -0.1) is 0 Å². The lowest BCUT2D eigenvalue weighted by molar-refractivity contribution is 0.0697. The number of imidazole rings is 1. The summed E-state index contributed by atoms with van der Waals surface area (Å²) >= 11 is 0. The first kappa shape index (κ1) is 12.2. The molecule has 0 bridgehead atoms. The minimum absolute atomic E-state index is 0.106. The van der Waals surface area contributed by atoms with Crippen LogP contribution >= 0.6 is 0 Å². The van der Waals surface area contributed by atoms with Gasteiger partial charge in [0, 0.05) is 0 Å². The van der Waals surface area contributed by atoms with E-state index in [4.69, 9.17) is 5.11 Å². The lowest BCUT2D eigenvalue weighted by Gasteiger charge is -2.10. The fourth-order valence-electron chi connectivity index (χ4n) is 2.45. The Bertz CT molecular complexity index is 763. The smallest absolute Gasteiger partial charge is 0.335 e. The number of sulfone groups is 1. The first-order valence-electron chi connectivity index (χ1n) is 5.86. The molecule has 0 radical (unpaired) electrons. The minimum Gasteiger partial charge on any atom is -0.478 e. The van der Waals surface area contributed by atoms with E-state index in [1.807, 2.05) is 4.57 Å².